The molecule has 0 aromatic carbocycles. The number of carbonyl (C=O) groups excluding carboxylic acids is 1. The van der Waals surface area contributed by atoms with Crippen LogP contribution in [-0.4, -0.2) is 59.7 Å². The van der Waals surface area contributed by atoms with Crippen molar-refractivity contribution in [1.29, 1.82) is 0 Å². The Bertz CT molecular complexity index is 976. The van der Waals surface area contributed by atoms with Gasteiger partial charge < -0.3 is 14.2 Å². The topological polar surface area (TPSA) is 54.8 Å². The molecular formula is C22H27N3O3S. The largest absolute Gasteiger partial charge is 0.379 e. The minimum atomic E-state index is 0.145. The van der Waals surface area contributed by atoms with Crippen LogP contribution in [0.15, 0.2) is 28.4 Å². The number of ether oxygens (including phenoxy) is 1. The van der Waals surface area contributed by atoms with Gasteiger partial charge in [-0.05, 0) is 42.3 Å². The predicted molar refractivity (Wildman–Crippen MR) is 113 cm³/mol. The molecule has 2 saturated heterocycles. The summed E-state index contributed by atoms with van der Waals surface area (Å²) in [7, 11) is 0. The summed E-state index contributed by atoms with van der Waals surface area (Å²) in [5, 5.41) is 1.98. The van der Waals surface area contributed by atoms with E-state index in [9.17, 15) is 9.59 Å². The van der Waals surface area contributed by atoms with Crippen LogP contribution < -0.4 is 5.56 Å². The molecule has 5 heterocycles. The molecule has 0 spiro atoms. The second-order valence-electron chi connectivity index (χ2n) is 8.53. The van der Waals surface area contributed by atoms with E-state index in [4.69, 9.17) is 4.74 Å². The number of hydrogen-bond acceptors (Lipinski definition) is 5. The standard InChI is InChI=1S/C22H27N3O3S/c1-15-4-9-29-20(15)22(27)24-11-16-10-18(14-24)19-3-2-17(21(26)25(19)12-16)13-23-5-7-28-8-6-23/h2-4,9,16,18H,5-8,10-14H2,1H3/t16-,18+/m0/s1. The van der Waals surface area contributed by atoms with Crippen LogP contribution in [0, 0.1) is 12.8 Å². The van der Waals surface area contributed by atoms with Crippen LogP contribution in [0.25, 0.3) is 0 Å². The lowest BCUT2D eigenvalue weighted by Crippen LogP contribution is -2.49. The van der Waals surface area contributed by atoms with E-state index in [1.54, 1.807) is 0 Å². The Morgan fingerprint density at radius 3 is 2.76 bits per heavy atom. The summed E-state index contributed by atoms with van der Waals surface area (Å²) < 4.78 is 7.41. The van der Waals surface area contributed by atoms with Crippen molar-refractivity contribution in [1.82, 2.24) is 14.4 Å². The van der Waals surface area contributed by atoms with Crippen LogP contribution in [0.5, 0.6) is 0 Å². The van der Waals surface area contributed by atoms with E-state index in [0.717, 1.165) is 67.5 Å². The molecule has 2 aromatic rings. The van der Waals surface area contributed by atoms with E-state index in [-0.39, 0.29) is 17.4 Å². The summed E-state index contributed by atoms with van der Waals surface area (Å²) in [6.07, 6.45) is 1.06. The quantitative estimate of drug-likeness (QED) is 0.775. The average Bonchev–Trinajstić information content (AvgIpc) is 3.16. The second-order valence-corrected chi connectivity index (χ2v) is 9.45. The third kappa shape index (κ3) is 3.56. The van der Waals surface area contributed by atoms with Crippen molar-refractivity contribution in [3.8, 4) is 0 Å². The summed E-state index contributed by atoms with van der Waals surface area (Å²) in [6, 6.07) is 6.14. The SMILES string of the molecule is Cc1ccsc1C(=O)N1C[C@@H]2C[C@H](C1)c1ccc(CN3CCOCC3)c(=O)n1C2. The molecule has 29 heavy (non-hydrogen) atoms. The average molecular weight is 414 g/mol. The number of morpholine rings is 1. The first-order valence-electron chi connectivity index (χ1n) is 10.5. The van der Waals surface area contributed by atoms with Crippen molar-refractivity contribution >= 4 is 17.2 Å². The molecule has 3 aliphatic rings. The normalized spacial score (nSPS) is 24.4. The lowest BCUT2D eigenvalue weighted by molar-refractivity contribution is 0.0338. The molecule has 2 aromatic heterocycles. The first-order chi connectivity index (χ1) is 14.1. The number of thiophene rings is 1. The first kappa shape index (κ1) is 19.0. The maximum atomic E-state index is 13.2. The number of aromatic nitrogens is 1. The number of rotatable bonds is 3. The lowest BCUT2D eigenvalue weighted by Gasteiger charge is -2.43. The third-order valence-electron chi connectivity index (χ3n) is 6.52. The number of piperidine rings is 1. The Balaban J connectivity index is 1.38. The highest BCUT2D eigenvalue weighted by Gasteiger charge is 2.37. The monoisotopic (exact) mass is 413 g/mol. The van der Waals surface area contributed by atoms with Crippen LogP contribution in [-0.2, 0) is 17.8 Å². The Morgan fingerprint density at radius 1 is 1.17 bits per heavy atom. The van der Waals surface area contributed by atoms with Gasteiger partial charge in [0, 0.05) is 56.4 Å². The van der Waals surface area contributed by atoms with Gasteiger partial charge in [0.25, 0.3) is 11.5 Å². The number of aryl methyl sites for hydroxylation is 1. The maximum absolute atomic E-state index is 13.2. The van der Waals surface area contributed by atoms with Gasteiger partial charge in [-0.3, -0.25) is 14.5 Å². The molecule has 154 valence electrons. The van der Waals surface area contributed by atoms with E-state index in [0.29, 0.717) is 19.0 Å². The number of carbonyl (C=O) groups is 1. The molecule has 1 amide bonds. The number of pyridine rings is 1. The van der Waals surface area contributed by atoms with E-state index in [1.165, 1.54) is 11.3 Å². The van der Waals surface area contributed by atoms with Gasteiger partial charge in [-0.2, -0.15) is 0 Å². The minimum absolute atomic E-state index is 0.145. The van der Waals surface area contributed by atoms with Gasteiger partial charge >= 0.3 is 0 Å². The van der Waals surface area contributed by atoms with Crippen molar-refractivity contribution in [3.63, 3.8) is 0 Å². The minimum Gasteiger partial charge on any atom is -0.379 e. The van der Waals surface area contributed by atoms with Crippen LogP contribution in [0.2, 0.25) is 0 Å². The molecule has 5 rings (SSSR count). The smallest absolute Gasteiger partial charge is 0.264 e. The molecular weight excluding hydrogens is 386 g/mol. The summed E-state index contributed by atoms with van der Waals surface area (Å²) in [4.78, 5) is 31.4. The molecule has 0 unspecified atom stereocenters. The maximum Gasteiger partial charge on any atom is 0.264 e. The van der Waals surface area contributed by atoms with Gasteiger partial charge in [0.2, 0.25) is 0 Å². The molecule has 0 saturated carbocycles. The Labute approximate surface area is 174 Å². The number of amides is 1. The second kappa shape index (κ2) is 7.70. The van der Waals surface area contributed by atoms with E-state index in [2.05, 4.69) is 11.0 Å². The van der Waals surface area contributed by atoms with E-state index >= 15 is 0 Å². The van der Waals surface area contributed by atoms with Gasteiger partial charge in [-0.15, -0.1) is 11.3 Å². The Kier molecular flexibility index (Phi) is 5.05. The fourth-order valence-corrected chi connectivity index (χ4v) is 5.90. The summed E-state index contributed by atoms with van der Waals surface area (Å²) in [5.41, 5.74) is 3.17. The molecule has 0 radical (unpaired) electrons. The van der Waals surface area contributed by atoms with Crippen molar-refractivity contribution in [2.45, 2.75) is 32.4 Å². The lowest BCUT2D eigenvalue weighted by atomic mass is 9.83. The Morgan fingerprint density at radius 2 is 2.00 bits per heavy atom. The van der Waals surface area contributed by atoms with Gasteiger partial charge in [0.15, 0.2) is 0 Å². The molecule has 7 heteroatoms. The predicted octanol–water partition coefficient (Wildman–Crippen LogP) is 2.31. The molecule has 0 aliphatic carbocycles. The third-order valence-corrected chi connectivity index (χ3v) is 7.53. The van der Waals surface area contributed by atoms with Gasteiger partial charge in [0.05, 0.1) is 18.1 Å². The molecule has 2 fully saturated rings. The highest BCUT2D eigenvalue weighted by atomic mass is 32.1. The van der Waals surface area contributed by atoms with E-state index < -0.39 is 0 Å². The Hall–Kier alpha value is -1.96. The van der Waals surface area contributed by atoms with Crippen LogP contribution >= 0.6 is 11.3 Å². The molecule has 2 atom stereocenters. The molecule has 0 N–H and O–H groups in total. The van der Waals surface area contributed by atoms with Gasteiger partial charge in [0.1, 0.15) is 0 Å². The molecule has 2 bridgehead atoms. The summed E-state index contributed by atoms with van der Waals surface area (Å²) in [6.45, 7) is 8.10. The van der Waals surface area contributed by atoms with Crippen molar-refractivity contribution < 1.29 is 9.53 Å². The van der Waals surface area contributed by atoms with Gasteiger partial charge in [-0.1, -0.05) is 6.07 Å². The van der Waals surface area contributed by atoms with Crippen molar-refractivity contribution in [2.75, 3.05) is 39.4 Å². The highest BCUT2D eigenvalue weighted by molar-refractivity contribution is 7.12. The summed E-state index contributed by atoms with van der Waals surface area (Å²) >= 11 is 1.53. The zero-order valence-corrected chi connectivity index (χ0v) is 17.6. The van der Waals surface area contributed by atoms with Gasteiger partial charge in [-0.25, -0.2) is 0 Å². The van der Waals surface area contributed by atoms with Crippen molar-refractivity contribution in [2.24, 2.45) is 5.92 Å². The summed E-state index contributed by atoms with van der Waals surface area (Å²) in [5.74, 6) is 0.741. The number of fused-ring (bicyclic) bond motifs is 4. The number of nitrogens with zero attached hydrogens (tertiary/aromatic N) is 3. The van der Waals surface area contributed by atoms with Crippen LogP contribution in [0.3, 0.4) is 0 Å². The van der Waals surface area contributed by atoms with E-state index in [1.807, 2.05) is 33.9 Å². The van der Waals surface area contributed by atoms with Crippen LogP contribution in [0.1, 0.15) is 38.8 Å². The number of hydrogen-bond donors (Lipinski definition) is 0. The zero-order chi connectivity index (χ0) is 20.0. The fraction of sp³-hybridized carbons (Fsp3) is 0.545. The first-order valence-corrected chi connectivity index (χ1v) is 11.3. The van der Waals surface area contributed by atoms with Crippen LogP contribution in [0.4, 0.5) is 0 Å². The molecule has 3 aliphatic heterocycles. The molecule has 6 nitrogen and oxygen atoms in total. The highest BCUT2D eigenvalue weighted by Crippen LogP contribution is 2.36. The van der Waals surface area contributed by atoms with Crippen molar-refractivity contribution in [3.05, 3.63) is 55.6 Å². The zero-order valence-electron chi connectivity index (χ0n) is 16.8. The number of likely N-dealkylation sites (tertiary alicyclic amines) is 1. The fourth-order valence-electron chi connectivity index (χ4n) is 5.01.